The molecule has 0 saturated heterocycles. The number of hydrogen-bond donors (Lipinski definition) is 2. The number of aryl methyl sites for hydroxylation is 1. The highest BCUT2D eigenvalue weighted by Crippen LogP contribution is 2.32. The van der Waals surface area contributed by atoms with Crippen molar-refractivity contribution in [2.45, 2.75) is 43.0 Å². The van der Waals surface area contributed by atoms with Gasteiger partial charge in [-0.3, -0.25) is 0 Å². The van der Waals surface area contributed by atoms with E-state index in [9.17, 15) is 8.42 Å². The molecule has 6 heteroatoms. The summed E-state index contributed by atoms with van der Waals surface area (Å²) in [6.45, 7) is 1.77. The molecule has 3 N–H and O–H groups in total. The molecule has 0 heterocycles. The Hall–Kier alpha value is -0.980. The Morgan fingerprint density at radius 2 is 1.89 bits per heavy atom. The number of sulfonamides is 1. The quantitative estimate of drug-likeness (QED) is 0.832. The third kappa shape index (κ3) is 2.80. The molecule has 4 nitrogen and oxygen atoms in total. The van der Waals surface area contributed by atoms with Crippen molar-refractivity contribution in [2.75, 3.05) is 0 Å². The van der Waals surface area contributed by atoms with Crippen molar-refractivity contribution in [3.05, 3.63) is 29.8 Å². The van der Waals surface area contributed by atoms with Gasteiger partial charge in [0.2, 0.25) is 10.0 Å². The highest BCUT2D eigenvalue weighted by molar-refractivity contribution is 7.89. The van der Waals surface area contributed by atoms with Crippen molar-refractivity contribution in [2.24, 2.45) is 5.73 Å². The monoisotopic (exact) mass is 298 g/mol. The van der Waals surface area contributed by atoms with E-state index in [1.807, 2.05) is 6.07 Å². The average molecular weight is 298 g/mol. The van der Waals surface area contributed by atoms with Crippen LogP contribution in [0.1, 0.15) is 31.2 Å². The number of thiocarbonyl (C=S) groups is 1. The van der Waals surface area contributed by atoms with E-state index in [-0.39, 0.29) is 9.88 Å². The first-order valence-electron chi connectivity index (χ1n) is 6.27. The third-order valence-electron chi connectivity index (χ3n) is 3.64. The number of rotatable bonds is 4. The van der Waals surface area contributed by atoms with Crippen LogP contribution in [0.3, 0.4) is 0 Å². The molecular weight excluding hydrogens is 280 g/mol. The molecule has 0 aliphatic heterocycles. The summed E-state index contributed by atoms with van der Waals surface area (Å²) in [6.07, 6.45) is 3.22. The lowest BCUT2D eigenvalue weighted by atomic mass is 10.00. The molecule has 19 heavy (non-hydrogen) atoms. The van der Waals surface area contributed by atoms with Gasteiger partial charge in [-0.05, 0) is 31.4 Å². The summed E-state index contributed by atoms with van der Waals surface area (Å²) >= 11 is 5.07. The van der Waals surface area contributed by atoms with Gasteiger partial charge in [0.05, 0.1) is 15.4 Å². The van der Waals surface area contributed by atoms with Crippen molar-refractivity contribution in [1.29, 1.82) is 0 Å². The van der Waals surface area contributed by atoms with Crippen molar-refractivity contribution in [3.8, 4) is 0 Å². The van der Waals surface area contributed by atoms with Crippen LogP contribution in [-0.2, 0) is 10.0 Å². The Balaban J connectivity index is 2.36. The first-order chi connectivity index (χ1) is 8.87. The summed E-state index contributed by atoms with van der Waals surface area (Å²) < 4.78 is 27.7. The van der Waals surface area contributed by atoms with Gasteiger partial charge < -0.3 is 5.73 Å². The molecule has 1 aliphatic rings. The maximum atomic E-state index is 12.5. The predicted molar refractivity (Wildman–Crippen MR) is 79.5 cm³/mol. The van der Waals surface area contributed by atoms with Crippen molar-refractivity contribution in [1.82, 2.24) is 4.72 Å². The fourth-order valence-corrected chi connectivity index (χ4v) is 4.56. The first kappa shape index (κ1) is 14.4. The van der Waals surface area contributed by atoms with E-state index in [2.05, 4.69) is 4.72 Å². The SMILES string of the molecule is Cc1ccccc1S(=O)(=O)NC1(C(N)=S)CCCC1. The topological polar surface area (TPSA) is 72.2 Å². The van der Waals surface area contributed by atoms with E-state index in [1.165, 1.54) is 0 Å². The van der Waals surface area contributed by atoms with Gasteiger partial charge in [0.15, 0.2) is 0 Å². The fourth-order valence-electron chi connectivity index (χ4n) is 2.55. The smallest absolute Gasteiger partial charge is 0.241 e. The van der Waals surface area contributed by atoms with E-state index < -0.39 is 15.6 Å². The van der Waals surface area contributed by atoms with Gasteiger partial charge in [-0.15, -0.1) is 0 Å². The zero-order valence-electron chi connectivity index (χ0n) is 10.8. The minimum Gasteiger partial charge on any atom is -0.392 e. The highest BCUT2D eigenvalue weighted by Gasteiger charge is 2.40. The van der Waals surface area contributed by atoms with Crippen LogP contribution in [-0.4, -0.2) is 18.9 Å². The van der Waals surface area contributed by atoms with Crippen molar-refractivity contribution < 1.29 is 8.42 Å². The molecule has 1 aromatic rings. The molecule has 0 bridgehead atoms. The van der Waals surface area contributed by atoms with E-state index >= 15 is 0 Å². The molecule has 0 spiro atoms. The Morgan fingerprint density at radius 3 is 2.42 bits per heavy atom. The standard InChI is InChI=1S/C13H18N2O2S2/c1-10-6-2-3-7-11(10)19(16,17)15-13(12(14)18)8-4-5-9-13/h2-3,6-7,15H,4-5,8-9H2,1H3,(H2,14,18). The molecule has 0 aromatic heterocycles. The van der Waals surface area contributed by atoms with Crippen LogP contribution in [0.2, 0.25) is 0 Å². The molecule has 0 amide bonds. The Kier molecular flexibility index (Phi) is 3.94. The third-order valence-corrected chi connectivity index (χ3v) is 5.73. The van der Waals surface area contributed by atoms with Gasteiger partial charge >= 0.3 is 0 Å². The van der Waals surface area contributed by atoms with Crippen LogP contribution >= 0.6 is 12.2 Å². The van der Waals surface area contributed by atoms with Crippen molar-refractivity contribution >= 4 is 27.2 Å². The lowest BCUT2D eigenvalue weighted by Crippen LogP contribution is -2.54. The van der Waals surface area contributed by atoms with Crippen LogP contribution in [0, 0.1) is 6.92 Å². The zero-order chi connectivity index (χ0) is 14.1. The summed E-state index contributed by atoms with van der Waals surface area (Å²) in [4.78, 5) is 0.527. The van der Waals surface area contributed by atoms with Gasteiger partial charge in [0.25, 0.3) is 0 Å². The zero-order valence-corrected chi connectivity index (χ0v) is 12.5. The number of hydrogen-bond acceptors (Lipinski definition) is 3. The molecule has 1 aliphatic carbocycles. The second-order valence-electron chi connectivity index (χ2n) is 5.02. The molecule has 1 saturated carbocycles. The molecule has 0 radical (unpaired) electrons. The van der Waals surface area contributed by atoms with Gasteiger partial charge in [-0.1, -0.05) is 43.3 Å². The summed E-state index contributed by atoms with van der Waals surface area (Å²) in [5.74, 6) is 0. The maximum Gasteiger partial charge on any atom is 0.241 e. The van der Waals surface area contributed by atoms with Crippen LogP contribution in [0.5, 0.6) is 0 Å². The van der Waals surface area contributed by atoms with E-state index in [4.69, 9.17) is 18.0 Å². The van der Waals surface area contributed by atoms with E-state index in [0.29, 0.717) is 18.4 Å². The Morgan fingerprint density at radius 1 is 1.32 bits per heavy atom. The number of benzene rings is 1. The van der Waals surface area contributed by atoms with Crippen LogP contribution in [0.4, 0.5) is 0 Å². The Labute approximate surface area is 119 Å². The minimum absolute atomic E-state index is 0.238. The lowest BCUT2D eigenvalue weighted by Gasteiger charge is -2.28. The Bertz CT molecular complexity index is 590. The molecule has 104 valence electrons. The summed E-state index contributed by atoms with van der Waals surface area (Å²) in [5, 5.41) is 0. The summed E-state index contributed by atoms with van der Waals surface area (Å²) in [6, 6.07) is 6.90. The lowest BCUT2D eigenvalue weighted by molar-refractivity contribution is 0.502. The number of nitrogens with two attached hydrogens (primary N) is 1. The molecule has 0 unspecified atom stereocenters. The van der Waals surface area contributed by atoms with E-state index in [0.717, 1.165) is 12.8 Å². The van der Waals surface area contributed by atoms with Gasteiger partial charge in [-0.2, -0.15) is 4.72 Å². The van der Waals surface area contributed by atoms with Crippen LogP contribution in [0.25, 0.3) is 0 Å². The van der Waals surface area contributed by atoms with Crippen LogP contribution in [0.15, 0.2) is 29.2 Å². The molecule has 2 rings (SSSR count). The average Bonchev–Trinajstić information content (AvgIpc) is 2.78. The second-order valence-corrected chi connectivity index (χ2v) is 7.12. The van der Waals surface area contributed by atoms with Crippen LogP contribution < -0.4 is 10.5 Å². The normalized spacial score (nSPS) is 18.4. The molecule has 0 atom stereocenters. The fraction of sp³-hybridized carbons (Fsp3) is 0.462. The molecular formula is C13H18N2O2S2. The molecule has 1 aromatic carbocycles. The second kappa shape index (κ2) is 5.19. The number of nitrogens with one attached hydrogen (secondary N) is 1. The summed E-state index contributed by atoms with van der Waals surface area (Å²) in [7, 11) is -3.60. The predicted octanol–water partition coefficient (Wildman–Crippen LogP) is 1.87. The molecule has 1 fully saturated rings. The first-order valence-corrected chi connectivity index (χ1v) is 8.16. The van der Waals surface area contributed by atoms with Gasteiger partial charge in [0.1, 0.15) is 0 Å². The summed E-state index contributed by atoms with van der Waals surface area (Å²) in [5.41, 5.74) is 5.72. The maximum absolute atomic E-state index is 12.5. The largest absolute Gasteiger partial charge is 0.392 e. The van der Waals surface area contributed by atoms with E-state index in [1.54, 1.807) is 25.1 Å². The van der Waals surface area contributed by atoms with Gasteiger partial charge in [-0.25, -0.2) is 8.42 Å². The minimum atomic E-state index is -3.60. The highest BCUT2D eigenvalue weighted by atomic mass is 32.2. The van der Waals surface area contributed by atoms with Gasteiger partial charge in [0, 0.05) is 0 Å². The van der Waals surface area contributed by atoms with Crippen molar-refractivity contribution in [3.63, 3.8) is 0 Å².